The molecule has 1 amide bonds. The Morgan fingerprint density at radius 1 is 1.13 bits per heavy atom. The normalized spacial score (nSPS) is 29.8. The number of benzene rings is 1. The van der Waals surface area contributed by atoms with E-state index in [-0.39, 0.29) is 23.9 Å². The molecule has 1 aromatic carbocycles. The van der Waals surface area contributed by atoms with E-state index in [1.165, 1.54) is 0 Å². The summed E-state index contributed by atoms with van der Waals surface area (Å²) in [5.74, 6) is 2.01. The fraction of sp³-hybridized carbons (Fsp3) is 0.611. The number of ether oxygens (including phenoxy) is 2. The van der Waals surface area contributed by atoms with Crippen LogP contribution in [0.2, 0.25) is 0 Å². The number of hydrogen-bond acceptors (Lipinski definition) is 4. The Hall–Kier alpha value is -1.75. The van der Waals surface area contributed by atoms with Gasteiger partial charge in [-0.1, -0.05) is 6.07 Å². The van der Waals surface area contributed by atoms with Crippen LogP contribution >= 0.6 is 0 Å². The van der Waals surface area contributed by atoms with Crippen LogP contribution in [0.1, 0.15) is 43.7 Å². The molecule has 3 aliphatic rings. The lowest BCUT2D eigenvalue weighted by Gasteiger charge is -2.29. The van der Waals surface area contributed by atoms with Crippen LogP contribution in [0.4, 0.5) is 0 Å². The van der Waals surface area contributed by atoms with Gasteiger partial charge < -0.3 is 20.1 Å². The van der Waals surface area contributed by atoms with E-state index >= 15 is 0 Å². The maximum Gasteiger partial charge on any atom is 0.226 e. The summed E-state index contributed by atoms with van der Waals surface area (Å²) in [5, 5.41) is 0. The zero-order chi connectivity index (χ0) is 15.8. The van der Waals surface area contributed by atoms with Crippen molar-refractivity contribution >= 4 is 5.91 Å². The van der Waals surface area contributed by atoms with E-state index < -0.39 is 0 Å². The zero-order valence-corrected chi connectivity index (χ0v) is 13.4. The summed E-state index contributed by atoms with van der Waals surface area (Å²) in [5.41, 5.74) is 7.14. The van der Waals surface area contributed by atoms with E-state index in [0.717, 1.165) is 55.7 Å². The summed E-state index contributed by atoms with van der Waals surface area (Å²) in [6.07, 6.45) is 4.82. The van der Waals surface area contributed by atoms with Crippen LogP contribution < -0.4 is 15.2 Å². The highest BCUT2D eigenvalue weighted by Gasteiger charge is 2.37. The van der Waals surface area contributed by atoms with Crippen molar-refractivity contribution in [1.29, 1.82) is 0 Å². The molecule has 5 heteroatoms. The van der Waals surface area contributed by atoms with E-state index in [1.54, 1.807) is 0 Å². The highest BCUT2D eigenvalue weighted by molar-refractivity contribution is 5.80. The first kappa shape index (κ1) is 14.8. The lowest BCUT2D eigenvalue weighted by atomic mass is 10.0. The Labute approximate surface area is 136 Å². The van der Waals surface area contributed by atoms with Gasteiger partial charge in [-0.25, -0.2) is 0 Å². The van der Waals surface area contributed by atoms with Gasteiger partial charge in [-0.3, -0.25) is 4.79 Å². The minimum Gasteiger partial charge on any atom is -0.486 e. The fourth-order valence-corrected chi connectivity index (χ4v) is 4.12. The third-order valence-corrected chi connectivity index (χ3v) is 5.31. The molecule has 5 nitrogen and oxygen atoms in total. The van der Waals surface area contributed by atoms with Gasteiger partial charge in [-0.2, -0.15) is 0 Å². The average Bonchev–Trinajstić information content (AvgIpc) is 3.23. The van der Waals surface area contributed by atoms with Crippen molar-refractivity contribution in [2.45, 2.75) is 44.2 Å². The van der Waals surface area contributed by atoms with E-state index in [0.29, 0.717) is 13.2 Å². The molecule has 0 radical (unpaired) electrons. The first-order valence-electron chi connectivity index (χ1n) is 8.68. The van der Waals surface area contributed by atoms with E-state index in [1.807, 2.05) is 12.1 Å². The molecule has 1 aromatic rings. The van der Waals surface area contributed by atoms with Gasteiger partial charge in [0.1, 0.15) is 13.2 Å². The Kier molecular flexibility index (Phi) is 3.89. The van der Waals surface area contributed by atoms with Crippen molar-refractivity contribution in [3.8, 4) is 11.5 Å². The largest absolute Gasteiger partial charge is 0.486 e. The summed E-state index contributed by atoms with van der Waals surface area (Å²) in [6, 6.07) is 6.44. The highest BCUT2D eigenvalue weighted by atomic mass is 16.6. The second-order valence-corrected chi connectivity index (χ2v) is 6.86. The second-order valence-electron chi connectivity index (χ2n) is 6.86. The molecule has 0 aromatic heterocycles. The standard InChI is InChI=1S/C18H24N2O3/c19-14-5-3-13(10-14)18(21)20-7-1-2-15(20)12-4-6-16-17(11-12)23-9-8-22-16/h4,6,11,13-15H,1-3,5,7-10,19H2/t13-,14-,15-/m1/s1. The van der Waals surface area contributed by atoms with Crippen LogP contribution in [0.15, 0.2) is 18.2 Å². The van der Waals surface area contributed by atoms with Crippen LogP contribution in [0, 0.1) is 5.92 Å². The van der Waals surface area contributed by atoms with Gasteiger partial charge in [0.25, 0.3) is 0 Å². The summed E-state index contributed by atoms with van der Waals surface area (Å²) < 4.78 is 11.3. The molecule has 2 fully saturated rings. The number of carbonyl (C=O) groups is 1. The predicted octanol–water partition coefficient (Wildman–Crippen LogP) is 2.25. The fourth-order valence-electron chi connectivity index (χ4n) is 4.12. The van der Waals surface area contributed by atoms with Gasteiger partial charge in [0.15, 0.2) is 11.5 Å². The molecule has 1 saturated heterocycles. The van der Waals surface area contributed by atoms with Crippen LogP contribution in [0.3, 0.4) is 0 Å². The van der Waals surface area contributed by atoms with Gasteiger partial charge >= 0.3 is 0 Å². The molecule has 2 N–H and O–H groups in total. The van der Waals surface area contributed by atoms with Gasteiger partial charge in [0, 0.05) is 18.5 Å². The van der Waals surface area contributed by atoms with E-state index in [4.69, 9.17) is 15.2 Å². The third-order valence-electron chi connectivity index (χ3n) is 5.31. The molecule has 1 saturated carbocycles. The average molecular weight is 316 g/mol. The van der Waals surface area contributed by atoms with Crippen LogP contribution in [-0.2, 0) is 4.79 Å². The van der Waals surface area contributed by atoms with Crippen LogP contribution in [0.5, 0.6) is 11.5 Å². The summed E-state index contributed by atoms with van der Waals surface area (Å²) in [7, 11) is 0. The van der Waals surface area contributed by atoms with Crippen molar-refractivity contribution in [2.24, 2.45) is 11.7 Å². The number of likely N-dealkylation sites (tertiary alicyclic amines) is 1. The number of carbonyl (C=O) groups excluding carboxylic acids is 1. The number of amides is 1. The lowest BCUT2D eigenvalue weighted by molar-refractivity contribution is -0.136. The first-order chi connectivity index (χ1) is 11.2. The topological polar surface area (TPSA) is 64.8 Å². The molecule has 3 atom stereocenters. The molecule has 23 heavy (non-hydrogen) atoms. The predicted molar refractivity (Wildman–Crippen MR) is 86.4 cm³/mol. The molecular weight excluding hydrogens is 292 g/mol. The number of nitrogens with zero attached hydrogens (tertiary/aromatic N) is 1. The summed E-state index contributed by atoms with van der Waals surface area (Å²) in [6.45, 7) is 2.04. The molecule has 2 aliphatic heterocycles. The van der Waals surface area contributed by atoms with Gasteiger partial charge in [-0.05, 0) is 49.8 Å². The van der Waals surface area contributed by atoms with Crippen molar-refractivity contribution in [3.05, 3.63) is 23.8 Å². The van der Waals surface area contributed by atoms with Crippen molar-refractivity contribution < 1.29 is 14.3 Å². The van der Waals surface area contributed by atoms with E-state index in [9.17, 15) is 4.79 Å². The van der Waals surface area contributed by atoms with Crippen molar-refractivity contribution in [3.63, 3.8) is 0 Å². The Morgan fingerprint density at radius 2 is 1.96 bits per heavy atom. The second kappa shape index (κ2) is 6.04. The summed E-state index contributed by atoms with van der Waals surface area (Å²) in [4.78, 5) is 14.9. The van der Waals surface area contributed by atoms with Gasteiger partial charge in [-0.15, -0.1) is 0 Å². The van der Waals surface area contributed by atoms with Crippen LogP contribution in [0.25, 0.3) is 0 Å². The zero-order valence-electron chi connectivity index (χ0n) is 13.4. The molecule has 0 bridgehead atoms. The lowest BCUT2D eigenvalue weighted by Crippen LogP contribution is -2.35. The maximum absolute atomic E-state index is 12.9. The quantitative estimate of drug-likeness (QED) is 0.909. The number of hydrogen-bond donors (Lipinski definition) is 1. The minimum atomic E-state index is 0.114. The number of fused-ring (bicyclic) bond motifs is 1. The SMILES string of the molecule is N[C@@H]1CC[C@@H](C(=O)N2CCC[C@@H]2c2ccc3c(c2)OCCO3)C1. The van der Waals surface area contributed by atoms with Crippen LogP contribution in [-0.4, -0.2) is 36.6 Å². The summed E-state index contributed by atoms with van der Waals surface area (Å²) >= 11 is 0. The monoisotopic (exact) mass is 316 g/mol. The van der Waals surface area contributed by atoms with E-state index in [2.05, 4.69) is 11.0 Å². The Balaban J connectivity index is 1.54. The molecule has 1 aliphatic carbocycles. The molecule has 2 heterocycles. The van der Waals surface area contributed by atoms with Gasteiger partial charge in [0.2, 0.25) is 5.91 Å². The smallest absolute Gasteiger partial charge is 0.226 e. The maximum atomic E-state index is 12.9. The molecule has 0 unspecified atom stereocenters. The Morgan fingerprint density at radius 3 is 2.74 bits per heavy atom. The molecule has 124 valence electrons. The Bertz CT molecular complexity index is 604. The van der Waals surface area contributed by atoms with Crippen molar-refractivity contribution in [2.75, 3.05) is 19.8 Å². The molecular formula is C18H24N2O3. The number of rotatable bonds is 2. The molecule has 0 spiro atoms. The van der Waals surface area contributed by atoms with Gasteiger partial charge in [0.05, 0.1) is 6.04 Å². The molecule has 4 rings (SSSR count). The first-order valence-corrected chi connectivity index (χ1v) is 8.68. The number of nitrogens with two attached hydrogens (primary N) is 1. The minimum absolute atomic E-state index is 0.114. The van der Waals surface area contributed by atoms with Crippen molar-refractivity contribution in [1.82, 2.24) is 4.90 Å². The third kappa shape index (κ3) is 2.78. The highest BCUT2D eigenvalue weighted by Crippen LogP contribution is 2.39.